The fraction of sp³-hybridized carbons (Fsp3) is 0.545. The van der Waals surface area contributed by atoms with Crippen LogP contribution in [0.25, 0.3) is 11.6 Å². The second-order valence-electron chi connectivity index (χ2n) is 13.7. The second-order valence-corrected chi connectivity index (χ2v) is 13.7. The number of benzene rings is 1. The first kappa shape index (κ1) is 36.6. The molecule has 1 aliphatic rings. The number of ether oxygens (including phenoxy) is 3. The maximum atomic E-state index is 14.3. The van der Waals surface area contributed by atoms with Crippen molar-refractivity contribution in [2.24, 2.45) is 0 Å². The number of pyridine rings is 1. The predicted octanol–water partition coefficient (Wildman–Crippen LogP) is 7.96. The number of hydrogen-bond donors (Lipinski definition) is 1. The van der Waals surface area contributed by atoms with E-state index in [1.54, 1.807) is 60.6 Å². The molecule has 1 unspecified atom stereocenters. The number of carbonyl (C=O) groups excluding carboxylic acids is 2. The summed E-state index contributed by atoms with van der Waals surface area (Å²) in [6.07, 6.45) is -7.53. The third kappa shape index (κ3) is 8.79. The Morgan fingerprint density at radius 1 is 0.979 bits per heavy atom. The predicted molar refractivity (Wildman–Crippen MR) is 165 cm³/mol. The quantitative estimate of drug-likeness (QED) is 0.271. The van der Waals surface area contributed by atoms with Crippen molar-refractivity contribution in [3.63, 3.8) is 0 Å². The first-order chi connectivity index (χ1) is 22.2. The number of hydrogen-bond acceptors (Lipinski definition) is 10. The molecule has 4 rings (SSSR count). The van der Waals surface area contributed by atoms with Crippen molar-refractivity contribution < 1.29 is 50.9 Å². The summed E-state index contributed by atoms with van der Waals surface area (Å²) < 4.78 is 79.4. The van der Waals surface area contributed by atoms with Crippen molar-refractivity contribution in [1.82, 2.24) is 15.2 Å². The third-order valence-electron chi connectivity index (χ3n) is 7.21. The van der Waals surface area contributed by atoms with Gasteiger partial charge < -0.3 is 23.7 Å². The van der Waals surface area contributed by atoms with Crippen molar-refractivity contribution in [2.45, 2.75) is 116 Å². The number of anilines is 1. The first-order valence-corrected chi connectivity index (χ1v) is 15.5. The van der Waals surface area contributed by atoms with E-state index < -0.39 is 71.0 Å². The fourth-order valence-electron chi connectivity index (χ4n) is 4.95. The van der Waals surface area contributed by atoms with Gasteiger partial charge in [-0.3, -0.25) is 0 Å². The molecular weight excluding hydrogens is 640 g/mol. The number of amides is 2. The summed E-state index contributed by atoms with van der Waals surface area (Å²) in [5.74, 6) is -2.19. The van der Waals surface area contributed by atoms with Gasteiger partial charge in [-0.2, -0.15) is 18.1 Å². The van der Waals surface area contributed by atoms with Gasteiger partial charge in [0.25, 0.3) is 11.8 Å². The highest BCUT2D eigenvalue weighted by atomic mass is 19.4. The van der Waals surface area contributed by atoms with Crippen LogP contribution in [0.2, 0.25) is 0 Å². The smallest absolute Gasteiger partial charge is 0.426 e. The van der Waals surface area contributed by atoms with E-state index in [0.29, 0.717) is 36.1 Å². The summed E-state index contributed by atoms with van der Waals surface area (Å²) in [6, 6.07) is 7.15. The minimum Gasteiger partial charge on any atom is -0.474 e. The van der Waals surface area contributed by atoms with Gasteiger partial charge in [0.2, 0.25) is 11.5 Å². The van der Waals surface area contributed by atoms with E-state index in [-0.39, 0.29) is 18.0 Å². The van der Waals surface area contributed by atoms with Crippen molar-refractivity contribution in [3.05, 3.63) is 53.2 Å². The van der Waals surface area contributed by atoms with Crippen molar-refractivity contribution in [1.29, 1.82) is 0 Å². The average Bonchev–Trinajstić information content (AvgIpc) is 3.43. The molecule has 0 saturated carbocycles. The lowest BCUT2D eigenvalue weighted by atomic mass is 9.94. The molecule has 1 aliphatic heterocycles. The number of nitrogens with zero attached hydrogens (tertiary/aromatic N) is 4. The van der Waals surface area contributed by atoms with E-state index in [9.17, 15) is 32.3 Å². The van der Waals surface area contributed by atoms with Crippen LogP contribution in [0.5, 0.6) is 5.88 Å². The number of aryl methyl sites for hydroxylation is 1. The van der Waals surface area contributed by atoms with Gasteiger partial charge in [0.1, 0.15) is 23.1 Å². The number of fused-ring (bicyclic) bond motifs is 5. The number of carbonyl (C=O) groups is 2. The van der Waals surface area contributed by atoms with Crippen LogP contribution in [0.1, 0.15) is 90.7 Å². The summed E-state index contributed by atoms with van der Waals surface area (Å²) in [6.45, 7) is 11.1. The highest BCUT2D eigenvalue weighted by molar-refractivity contribution is 6.11. The van der Waals surface area contributed by atoms with Gasteiger partial charge in [-0.05, 0) is 97.9 Å². The molecule has 2 atom stereocenters. The van der Waals surface area contributed by atoms with Crippen LogP contribution in [0.3, 0.4) is 0 Å². The van der Waals surface area contributed by atoms with Gasteiger partial charge in [0.05, 0.1) is 5.69 Å². The minimum absolute atomic E-state index is 0.00270. The highest BCUT2D eigenvalue weighted by Crippen LogP contribution is 2.44. The Balaban J connectivity index is 1.93. The molecular formula is C33H40F4N4O7. The minimum atomic E-state index is -5.18. The number of aromatic nitrogens is 3. The molecule has 1 N–H and O–H groups in total. The van der Waals surface area contributed by atoms with E-state index in [1.807, 2.05) is 0 Å². The molecule has 3 heterocycles. The van der Waals surface area contributed by atoms with E-state index in [1.165, 1.54) is 18.2 Å². The van der Waals surface area contributed by atoms with Crippen LogP contribution >= 0.6 is 0 Å². The Morgan fingerprint density at radius 3 is 2.15 bits per heavy atom. The maximum Gasteiger partial charge on any atom is 0.426 e. The molecule has 1 aromatic carbocycles. The molecule has 0 radical (unpaired) electrons. The maximum absolute atomic E-state index is 14.3. The van der Waals surface area contributed by atoms with Crippen LogP contribution in [-0.4, -0.2) is 56.0 Å². The van der Waals surface area contributed by atoms with E-state index >= 15 is 0 Å². The Kier molecular flexibility index (Phi) is 10.4. The van der Waals surface area contributed by atoms with Crippen molar-refractivity contribution in [3.8, 4) is 17.5 Å². The summed E-state index contributed by atoms with van der Waals surface area (Å²) in [7, 11) is 0. The normalized spacial score (nSPS) is 19.1. The van der Waals surface area contributed by atoms with Crippen LogP contribution in [0, 0.1) is 12.7 Å². The van der Waals surface area contributed by atoms with Gasteiger partial charge in [-0.25, -0.2) is 19.0 Å². The Morgan fingerprint density at radius 2 is 1.58 bits per heavy atom. The number of imide groups is 1. The van der Waals surface area contributed by atoms with E-state index in [2.05, 4.69) is 15.2 Å². The molecule has 2 aromatic heterocycles. The lowest BCUT2D eigenvalue weighted by Gasteiger charge is -2.30. The first-order valence-electron chi connectivity index (χ1n) is 15.5. The fourth-order valence-corrected chi connectivity index (χ4v) is 4.95. The Hall–Kier alpha value is -4.27. The lowest BCUT2D eigenvalue weighted by molar-refractivity contribution is -0.277. The molecule has 48 heavy (non-hydrogen) atoms. The number of aliphatic hydroxyl groups is 1. The monoisotopic (exact) mass is 680 g/mol. The number of halogens is 4. The lowest BCUT2D eigenvalue weighted by Crippen LogP contribution is -2.44. The van der Waals surface area contributed by atoms with Gasteiger partial charge in [-0.15, -0.1) is 10.2 Å². The molecule has 4 bridgehead atoms. The average molecular weight is 681 g/mol. The molecule has 0 aliphatic carbocycles. The van der Waals surface area contributed by atoms with Crippen molar-refractivity contribution in [2.75, 3.05) is 4.90 Å². The topological polar surface area (TPSA) is 137 Å². The molecule has 0 spiro atoms. The summed E-state index contributed by atoms with van der Waals surface area (Å²) >= 11 is 0. The van der Waals surface area contributed by atoms with Gasteiger partial charge in [0.15, 0.2) is 5.69 Å². The number of rotatable bonds is 3. The van der Waals surface area contributed by atoms with Crippen LogP contribution in [0.4, 0.5) is 32.8 Å². The number of alkyl halides is 3. The SMILES string of the molecule is Cc1cc(N(C(=O)OC(C)(C)C)C(=O)OC(C)(C)C)c2nc1OC(Cc1ccc(F)cc1)CCCCC[C@](O)(C(F)(F)F)c1nnc-2o1. The third-order valence-corrected chi connectivity index (χ3v) is 7.21. The summed E-state index contributed by atoms with van der Waals surface area (Å²) in [5, 5.41) is 18.2. The van der Waals surface area contributed by atoms with E-state index in [4.69, 9.17) is 18.6 Å². The Bertz CT molecular complexity index is 1590. The zero-order valence-corrected chi connectivity index (χ0v) is 27.9. The molecule has 0 fully saturated rings. The molecule has 2 amide bonds. The summed E-state index contributed by atoms with van der Waals surface area (Å²) in [4.78, 5) is 32.2. The Labute approximate surface area is 275 Å². The molecule has 262 valence electrons. The molecule has 3 aromatic rings. The molecule has 0 saturated heterocycles. The van der Waals surface area contributed by atoms with Crippen LogP contribution in [-0.2, 0) is 21.5 Å². The molecule has 15 heteroatoms. The highest BCUT2D eigenvalue weighted by Gasteiger charge is 2.58. The summed E-state index contributed by atoms with van der Waals surface area (Å²) in [5.41, 5.74) is -5.30. The van der Waals surface area contributed by atoms with Crippen LogP contribution < -0.4 is 9.64 Å². The standard InChI is InChI=1S/C33H40F4N4O7/c1-19-17-23(41(28(42)47-30(2,3)4)29(43)48-31(5,6)7)24-26-39-40-27(46-26)32(44,33(35,36)37)16-10-8-9-11-22(45-25(19)38-24)18-20-12-14-21(34)15-13-20/h12-15,17,22,44H,8-11,16,18H2,1-7H3/t22?,32-/m1/s1. The largest absolute Gasteiger partial charge is 0.474 e. The zero-order valence-electron chi connectivity index (χ0n) is 27.9. The van der Waals surface area contributed by atoms with E-state index in [0.717, 1.165) is 5.56 Å². The zero-order chi connectivity index (χ0) is 35.7. The van der Waals surface area contributed by atoms with Crippen molar-refractivity contribution >= 4 is 17.9 Å². The van der Waals surface area contributed by atoms with Crippen LogP contribution in [0.15, 0.2) is 34.7 Å². The van der Waals surface area contributed by atoms with Gasteiger partial charge in [0, 0.05) is 12.0 Å². The molecule has 11 nitrogen and oxygen atoms in total. The van der Waals surface area contributed by atoms with Gasteiger partial charge in [-0.1, -0.05) is 18.6 Å². The second kappa shape index (κ2) is 13.7. The van der Waals surface area contributed by atoms with Gasteiger partial charge >= 0.3 is 18.4 Å².